The molecule has 1 saturated heterocycles. The Labute approximate surface area is 55.9 Å². The van der Waals surface area contributed by atoms with Gasteiger partial charge in [-0.25, -0.2) is 0 Å². The molecule has 0 aliphatic carbocycles. The van der Waals surface area contributed by atoms with Gasteiger partial charge in [0.1, 0.15) is 11.9 Å². The van der Waals surface area contributed by atoms with Crippen LogP contribution in [0.3, 0.4) is 0 Å². The summed E-state index contributed by atoms with van der Waals surface area (Å²) in [7, 11) is 2.28. The van der Waals surface area contributed by atoms with E-state index in [0.717, 1.165) is 4.48 Å². The van der Waals surface area contributed by atoms with Crippen molar-refractivity contribution >= 4 is 0 Å². The Hall–Kier alpha value is -0.560. The molecule has 1 nitrogen and oxygen atoms in total. The topological polar surface area (TPSA) is 0 Å². The normalized spacial score (nSPS) is 39.0. The standard InChI is InChI=1S/C8H12N/c1-9-6-2-4-8(9)5-3-7-9/h2,4,6H,3,5,7H2,1H3/q+1. The van der Waals surface area contributed by atoms with Gasteiger partial charge in [-0.15, -0.1) is 0 Å². The van der Waals surface area contributed by atoms with E-state index >= 15 is 0 Å². The maximum absolute atomic E-state index is 2.28. The molecule has 2 aliphatic rings. The van der Waals surface area contributed by atoms with Crippen molar-refractivity contribution in [3.8, 4) is 0 Å². The van der Waals surface area contributed by atoms with Gasteiger partial charge in [-0.2, -0.15) is 0 Å². The highest BCUT2D eigenvalue weighted by Gasteiger charge is 2.32. The predicted octanol–water partition coefficient (Wildman–Crippen LogP) is 1.64. The van der Waals surface area contributed by atoms with E-state index in [9.17, 15) is 0 Å². The Bertz CT molecular complexity index is 191. The number of nitrogens with zero attached hydrogens (tertiary/aromatic N) is 1. The van der Waals surface area contributed by atoms with Gasteiger partial charge in [0.05, 0.1) is 13.6 Å². The van der Waals surface area contributed by atoms with Crippen LogP contribution in [-0.2, 0) is 0 Å². The minimum atomic E-state index is 1.10. The average molecular weight is 122 g/mol. The van der Waals surface area contributed by atoms with Gasteiger partial charge in [0, 0.05) is 18.9 Å². The molecule has 2 aliphatic heterocycles. The zero-order valence-electron chi connectivity index (χ0n) is 5.80. The summed E-state index contributed by atoms with van der Waals surface area (Å²) >= 11 is 0. The molecule has 1 unspecified atom stereocenters. The van der Waals surface area contributed by atoms with Gasteiger partial charge in [0.25, 0.3) is 0 Å². The van der Waals surface area contributed by atoms with Gasteiger partial charge in [-0.3, -0.25) is 4.48 Å². The molecule has 1 fully saturated rings. The third-order valence-electron chi connectivity index (χ3n) is 2.42. The molecular formula is C8H12N+. The monoisotopic (exact) mass is 122 g/mol. The van der Waals surface area contributed by atoms with Crippen molar-refractivity contribution in [3.05, 3.63) is 24.0 Å². The average Bonchev–Trinajstić information content (AvgIpc) is 2.22. The first kappa shape index (κ1) is 5.24. The largest absolute Gasteiger partial charge is 0.271 e. The molecule has 9 heavy (non-hydrogen) atoms. The Balaban J connectivity index is 2.40. The summed E-state index contributed by atoms with van der Waals surface area (Å²) < 4.78 is 1.10. The summed E-state index contributed by atoms with van der Waals surface area (Å²) in [6.45, 7) is 1.31. The minimum absolute atomic E-state index is 1.10. The van der Waals surface area contributed by atoms with Crippen LogP contribution in [0.2, 0.25) is 0 Å². The van der Waals surface area contributed by atoms with Crippen LogP contribution >= 0.6 is 0 Å². The molecular weight excluding hydrogens is 110 g/mol. The molecule has 0 amide bonds. The molecule has 2 rings (SSSR count). The number of rotatable bonds is 0. The molecule has 0 N–H and O–H groups in total. The van der Waals surface area contributed by atoms with Crippen molar-refractivity contribution in [2.75, 3.05) is 13.6 Å². The first-order valence-corrected chi connectivity index (χ1v) is 3.55. The fourth-order valence-corrected chi connectivity index (χ4v) is 1.76. The first-order chi connectivity index (χ1) is 4.31. The van der Waals surface area contributed by atoms with Gasteiger partial charge >= 0.3 is 0 Å². The summed E-state index contributed by atoms with van der Waals surface area (Å²) in [6.07, 6.45) is 9.39. The van der Waals surface area contributed by atoms with E-state index in [-0.39, 0.29) is 0 Å². The highest BCUT2D eigenvalue weighted by molar-refractivity contribution is 5.15. The zero-order chi connectivity index (χ0) is 6.32. The number of quaternary nitrogens is 1. The van der Waals surface area contributed by atoms with Crippen LogP contribution in [0.1, 0.15) is 12.8 Å². The number of fused-ring (bicyclic) bond motifs is 1. The van der Waals surface area contributed by atoms with Crippen LogP contribution in [0.4, 0.5) is 0 Å². The van der Waals surface area contributed by atoms with Crippen molar-refractivity contribution < 1.29 is 4.48 Å². The van der Waals surface area contributed by atoms with Crippen molar-refractivity contribution in [1.29, 1.82) is 0 Å². The second-order valence-electron chi connectivity index (χ2n) is 3.09. The van der Waals surface area contributed by atoms with E-state index in [1.807, 2.05) is 0 Å². The van der Waals surface area contributed by atoms with Crippen LogP contribution in [0.15, 0.2) is 24.0 Å². The second-order valence-corrected chi connectivity index (χ2v) is 3.09. The fraction of sp³-hybridized carbons (Fsp3) is 0.500. The lowest BCUT2D eigenvalue weighted by molar-refractivity contribution is -0.807. The van der Waals surface area contributed by atoms with E-state index in [1.54, 1.807) is 5.70 Å². The maximum Gasteiger partial charge on any atom is 0.114 e. The molecule has 0 aromatic rings. The van der Waals surface area contributed by atoms with E-state index in [1.165, 1.54) is 19.4 Å². The maximum atomic E-state index is 2.28. The van der Waals surface area contributed by atoms with Crippen LogP contribution in [-0.4, -0.2) is 18.1 Å². The smallest absolute Gasteiger partial charge is 0.114 e. The van der Waals surface area contributed by atoms with E-state index < -0.39 is 0 Å². The van der Waals surface area contributed by atoms with Crippen LogP contribution in [0.5, 0.6) is 0 Å². The van der Waals surface area contributed by atoms with Crippen molar-refractivity contribution in [3.63, 3.8) is 0 Å². The van der Waals surface area contributed by atoms with Gasteiger partial charge in [0.2, 0.25) is 0 Å². The predicted molar refractivity (Wildman–Crippen MR) is 37.5 cm³/mol. The van der Waals surface area contributed by atoms with Gasteiger partial charge in [0.15, 0.2) is 0 Å². The lowest BCUT2D eigenvalue weighted by Crippen LogP contribution is -2.30. The summed E-state index contributed by atoms with van der Waals surface area (Å²) in [5.41, 5.74) is 1.59. The Kier molecular flexibility index (Phi) is 0.862. The molecule has 2 heterocycles. The van der Waals surface area contributed by atoms with Crippen LogP contribution < -0.4 is 0 Å². The summed E-state index contributed by atoms with van der Waals surface area (Å²) in [4.78, 5) is 0. The molecule has 0 spiro atoms. The lowest BCUT2D eigenvalue weighted by Gasteiger charge is -2.21. The Morgan fingerprint density at radius 1 is 1.56 bits per heavy atom. The van der Waals surface area contributed by atoms with Crippen LogP contribution in [0.25, 0.3) is 0 Å². The highest BCUT2D eigenvalue weighted by atomic mass is 15.3. The number of allylic oxidation sites excluding steroid dienone is 3. The Morgan fingerprint density at radius 2 is 2.44 bits per heavy atom. The third-order valence-corrected chi connectivity index (χ3v) is 2.42. The molecule has 0 bridgehead atoms. The van der Waals surface area contributed by atoms with Crippen molar-refractivity contribution in [2.24, 2.45) is 0 Å². The zero-order valence-corrected chi connectivity index (χ0v) is 5.80. The Morgan fingerprint density at radius 3 is 3.22 bits per heavy atom. The third kappa shape index (κ3) is 0.583. The second kappa shape index (κ2) is 1.48. The molecule has 0 aromatic carbocycles. The van der Waals surface area contributed by atoms with Gasteiger partial charge < -0.3 is 0 Å². The molecule has 0 radical (unpaired) electrons. The van der Waals surface area contributed by atoms with Crippen molar-refractivity contribution in [1.82, 2.24) is 0 Å². The van der Waals surface area contributed by atoms with Gasteiger partial charge in [-0.1, -0.05) is 0 Å². The molecule has 0 aromatic heterocycles. The molecule has 48 valence electrons. The molecule has 1 heteroatoms. The van der Waals surface area contributed by atoms with E-state index in [2.05, 4.69) is 25.4 Å². The van der Waals surface area contributed by atoms with E-state index in [0.29, 0.717) is 0 Å². The summed E-state index contributed by atoms with van der Waals surface area (Å²) in [5, 5.41) is 0. The number of hydrogen-bond acceptors (Lipinski definition) is 0. The van der Waals surface area contributed by atoms with Crippen LogP contribution in [0, 0.1) is 0 Å². The highest BCUT2D eigenvalue weighted by Crippen LogP contribution is 2.32. The van der Waals surface area contributed by atoms with E-state index in [4.69, 9.17) is 0 Å². The number of hydrogen-bond donors (Lipinski definition) is 0. The summed E-state index contributed by atoms with van der Waals surface area (Å²) in [5.74, 6) is 0. The summed E-state index contributed by atoms with van der Waals surface area (Å²) in [6, 6.07) is 0. The lowest BCUT2D eigenvalue weighted by atomic mass is 10.3. The fourth-order valence-electron chi connectivity index (χ4n) is 1.76. The van der Waals surface area contributed by atoms with Crippen molar-refractivity contribution in [2.45, 2.75) is 12.8 Å². The quantitative estimate of drug-likeness (QED) is 0.428. The molecule has 0 saturated carbocycles. The molecule has 1 atom stereocenters. The van der Waals surface area contributed by atoms with Gasteiger partial charge in [-0.05, 0) is 6.08 Å². The first-order valence-electron chi connectivity index (χ1n) is 3.55. The minimum Gasteiger partial charge on any atom is -0.271 e. The SMILES string of the molecule is C[N+]12C=CC=C1CCC2.